The number of rotatable bonds is 6. The van der Waals surface area contributed by atoms with E-state index in [2.05, 4.69) is 0 Å². The quantitative estimate of drug-likeness (QED) is 0.698. The first-order chi connectivity index (χ1) is 9.67. The van der Waals surface area contributed by atoms with Crippen molar-refractivity contribution in [3.63, 3.8) is 0 Å². The number of nitrogen functional groups attached to an aromatic ring is 1. The highest BCUT2D eigenvalue weighted by Crippen LogP contribution is 2.33. The first-order valence-electron chi connectivity index (χ1n) is 6.58. The van der Waals surface area contributed by atoms with Gasteiger partial charge in [0.25, 0.3) is 0 Å². The number of hydrogen-bond acceptors (Lipinski definition) is 5. The lowest BCUT2D eigenvalue weighted by atomic mass is 10.0. The monoisotopic (exact) mass is 276 g/mol. The van der Waals surface area contributed by atoms with Crippen molar-refractivity contribution in [2.45, 2.75) is 6.92 Å². The Bertz CT molecular complexity index is 546. The summed E-state index contributed by atoms with van der Waals surface area (Å²) in [6, 6.07) is 7.49. The second-order valence-electron chi connectivity index (χ2n) is 4.64. The molecule has 5 nitrogen and oxygen atoms in total. The first kappa shape index (κ1) is 14.4. The van der Waals surface area contributed by atoms with Gasteiger partial charge in [-0.2, -0.15) is 0 Å². The van der Waals surface area contributed by atoms with Crippen LogP contribution in [0.2, 0.25) is 0 Å². The van der Waals surface area contributed by atoms with Crippen LogP contribution in [-0.2, 0) is 0 Å². The number of hydrogen-bond donors (Lipinski definition) is 3. The summed E-state index contributed by atoms with van der Waals surface area (Å²) in [5, 5.41) is 18.3. The SMILES string of the molecule is Cc1cc(N)c(-c2ccco2)cc1N(CCO)CCO. The number of nitrogens with zero attached hydrogens (tertiary/aromatic N) is 1. The molecule has 20 heavy (non-hydrogen) atoms. The van der Waals surface area contributed by atoms with E-state index in [1.165, 1.54) is 0 Å². The summed E-state index contributed by atoms with van der Waals surface area (Å²) >= 11 is 0. The van der Waals surface area contributed by atoms with Gasteiger partial charge in [0.05, 0.1) is 19.5 Å². The van der Waals surface area contributed by atoms with Gasteiger partial charge in [-0.1, -0.05) is 0 Å². The number of aryl methyl sites for hydroxylation is 1. The molecule has 1 heterocycles. The Morgan fingerprint density at radius 2 is 1.90 bits per heavy atom. The van der Waals surface area contributed by atoms with Crippen molar-refractivity contribution < 1.29 is 14.6 Å². The third-order valence-corrected chi connectivity index (χ3v) is 3.24. The van der Waals surface area contributed by atoms with Gasteiger partial charge in [0.1, 0.15) is 5.76 Å². The summed E-state index contributed by atoms with van der Waals surface area (Å²) in [7, 11) is 0. The number of aliphatic hydroxyl groups is 2. The molecule has 0 atom stereocenters. The smallest absolute Gasteiger partial charge is 0.135 e. The van der Waals surface area contributed by atoms with E-state index in [9.17, 15) is 0 Å². The molecule has 4 N–H and O–H groups in total. The molecular formula is C15H20N2O3. The molecular weight excluding hydrogens is 256 g/mol. The minimum atomic E-state index is 0.0277. The standard InChI is InChI=1S/C15H20N2O3/c1-11-9-13(16)12(15-3-2-8-20-15)10-14(11)17(4-6-18)5-7-19/h2-3,8-10,18-19H,4-7,16H2,1H3. The van der Waals surface area contributed by atoms with Gasteiger partial charge < -0.3 is 25.3 Å². The molecule has 0 aliphatic carbocycles. The van der Waals surface area contributed by atoms with Gasteiger partial charge in [-0.05, 0) is 36.8 Å². The van der Waals surface area contributed by atoms with Crippen molar-refractivity contribution >= 4 is 11.4 Å². The van der Waals surface area contributed by atoms with E-state index in [1.807, 2.05) is 36.1 Å². The largest absolute Gasteiger partial charge is 0.464 e. The van der Waals surface area contributed by atoms with E-state index in [0.29, 0.717) is 24.5 Å². The second-order valence-corrected chi connectivity index (χ2v) is 4.64. The fourth-order valence-electron chi connectivity index (χ4n) is 2.30. The number of furan rings is 1. The van der Waals surface area contributed by atoms with Crippen molar-refractivity contribution in [2.24, 2.45) is 0 Å². The Morgan fingerprint density at radius 3 is 2.45 bits per heavy atom. The third-order valence-electron chi connectivity index (χ3n) is 3.24. The van der Waals surface area contributed by atoms with Crippen LogP contribution in [-0.4, -0.2) is 36.5 Å². The Kier molecular flexibility index (Phi) is 4.65. The van der Waals surface area contributed by atoms with Crippen molar-refractivity contribution in [2.75, 3.05) is 36.9 Å². The molecule has 0 fully saturated rings. The topological polar surface area (TPSA) is 82.9 Å². The predicted octanol–water partition coefficient (Wildman–Crippen LogP) is 1.63. The molecule has 0 unspecified atom stereocenters. The maximum absolute atomic E-state index is 9.16. The minimum Gasteiger partial charge on any atom is -0.464 e. The van der Waals surface area contributed by atoms with Crippen LogP contribution in [0.1, 0.15) is 5.56 Å². The molecule has 2 aromatic rings. The van der Waals surface area contributed by atoms with E-state index in [1.54, 1.807) is 6.26 Å². The van der Waals surface area contributed by atoms with Crippen molar-refractivity contribution in [3.05, 3.63) is 36.1 Å². The maximum atomic E-state index is 9.16. The highest BCUT2D eigenvalue weighted by molar-refractivity contribution is 5.79. The fourth-order valence-corrected chi connectivity index (χ4v) is 2.30. The Balaban J connectivity index is 2.44. The number of benzene rings is 1. The summed E-state index contributed by atoms with van der Waals surface area (Å²) < 4.78 is 5.40. The second kappa shape index (κ2) is 6.45. The summed E-state index contributed by atoms with van der Waals surface area (Å²) in [5.74, 6) is 0.705. The van der Waals surface area contributed by atoms with Gasteiger partial charge in [0.15, 0.2) is 0 Å². The van der Waals surface area contributed by atoms with Crippen molar-refractivity contribution in [1.29, 1.82) is 0 Å². The molecule has 2 rings (SSSR count). The lowest BCUT2D eigenvalue weighted by Gasteiger charge is -2.25. The van der Waals surface area contributed by atoms with Crippen LogP contribution in [0.25, 0.3) is 11.3 Å². The van der Waals surface area contributed by atoms with Crippen molar-refractivity contribution in [3.8, 4) is 11.3 Å². The number of aliphatic hydroxyl groups excluding tert-OH is 2. The van der Waals surface area contributed by atoms with Crippen LogP contribution in [0.3, 0.4) is 0 Å². The Labute approximate surface area is 118 Å². The van der Waals surface area contributed by atoms with E-state index >= 15 is 0 Å². The lowest BCUT2D eigenvalue weighted by Crippen LogP contribution is -2.30. The first-order valence-corrected chi connectivity index (χ1v) is 6.58. The predicted molar refractivity (Wildman–Crippen MR) is 79.7 cm³/mol. The highest BCUT2D eigenvalue weighted by atomic mass is 16.3. The molecule has 0 aliphatic rings. The van der Waals surface area contributed by atoms with E-state index < -0.39 is 0 Å². The number of anilines is 2. The molecule has 0 amide bonds. The van der Waals surface area contributed by atoms with Crippen LogP contribution in [0, 0.1) is 6.92 Å². The van der Waals surface area contributed by atoms with Gasteiger partial charge in [-0.25, -0.2) is 0 Å². The van der Waals surface area contributed by atoms with E-state index in [-0.39, 0.29) is 13.2 Å². The summed E-state index contributed by atoms with van der Waals surface area (Å²) in [6.07, 6.45) is 1.60. The highest BCUT2D eigenvalue weighted by Gasteiger charge is 2.14. The van der Waals surface area contributed by atoms with Gasteiger partial charge in [0, 0.05) is 30.0 Å². The van der Waals surface area contributed by atoms with E-state index in [4.69, 9.17) is 20.4 Å². The third kappa shape index (κ3) is 2.95. The molecule has 1 aromatic heterocycles. The molecule has 1 aromatic carbocycles. The molecule has 0 spiro atoms. The zero-order chi connectivity index (χ0) is 14.5. The van der Waals surface area contributed by atoms with E-state index in [0.717, 1.165) is 16.8 Å². The average Bonchev–Trinajstić information content (AvgIpc) is 2.92. The number of nitrogens with two attached hydrogens (primary N) is 1. The summed E-state index contributed by atoms with van der Waals surface area (Å²) in [5.41, 5.74) is 9.45. The molecule has 0 saturated carbocycles. The van der Waals surface area contributed by atoms with Gasteiger partial charge in [-0.3, -0.25) is 0 Å². The molecule has 0 radical (unpaired) electrons. The molecule has 0 saturated heterocycles. The fraction of sp³-hybridized carbons (Fsp3) is 0.333. The zero-order valence-electron chi connectivity index (χ0n) is 11.5. The summed E-state index contributed by atoms with van der Waals surface area (Å²) in [4.78, 5) is 1.93. The molecule has 0 aliphatic heterocycles. The van der Waals surface area contributed by atoms with Gasteiger partial charge >= 0.3 is 0 Å². The molecule has 5 heteroatoms. The normalized spacial score (nSPS) is 10.8. The average molecular weight is 276 g/mol. The minimum absolute atomic E-state index is 0.0277. The lowest BCUT2D eigenvalue weighted by molar-refractivity contribution is 0.281. The van der Waals surface area contributed by atoms with Crippen LogP contribution in [0.15, 0.2) is 34.9 Å². The molecule has 0 bridgehead atoms. The van der Waals surface area contributed by atoms with Crippen LogP contribution >= 0.6 is 0 Å². The van der Waals surface area contributed by atoms with Crippen LogP contribution in [0.5, 0.6) is 0 Å². The van der Waals surface area contributed by atoms with Crippen molar-refractivity contribution in [1.82, 2.24) is 0 Å². The van der Waals surface area contributed by atoms with Crippen LogP contribution < -0.4 is 10.6 Å². The molecule has 108 valence electrons. The Morgan fingerprint density at radius 1 is 1.20 bits per heavy atom. The van der Waals surface area contributed by atoms with Crippen LogP contribution in [0.4, 0.5) is 11.4 Å². The zero-order valence-corrected chi connectivity index (χ0v) is 11.5. The Hall–Kier alpha value is -1.98. The van der Waals surface area contributed by atoms with Gasteiger partial charge in [-0.15, -0.1) is 0 Å². The van der Waals surface area contributed by atoms with Gasteiger partial charge in [0.2, 0.25) is 0 Å². The summed E-state index contributed by atoms with van der Waals surface area (Å²) in [6.45, 7) is 2.94. The maximum Gasteiger partial charge on any atom is 0.135 e.